The third kappa shape index (κ3) is 2.52. The topological polar surface area (TPSA) is 84.2 Å². The summed E-state index contributed by atoms with van der Waals surface area (Å²) in [5, 5.41) is 38.8. The van der Waals surface area contributed by atoms with E-state index in [1.165, 1.54) is 0 Å². The van der Waals surface area contributed by atoms with Crippen molar-refractivity contribution in [3.63, 3.8) is 0 Å². The fourth-order valence-electron chi connectivity index (χ4n) is 3.64. The van der Waals surface area contributed by atoms with Gasteiger partial charge in [-0.25, -0.2) is 0 Å². The predicted molar refractivity (Wildman–Crippen MR) is 90.4 cm³/mol. The summed E-state index contributed by atoms with van der Waals surface area (Å²) in [4.78, 5) is 2.30. The van der Waals surface area contributed by atoms with Crippen molar-refractivity contribution in [2.45, 2.75) is 25.4 Å². The zero-order valence-corrected chi connectivity index (χ0v) is 14.1. The summed E-state index contributed by atoms with van der Waals surface area (Å²) in [5.74, 6) is -0.361. The van der Waals surface area contributed by atoms with Crippen molar-refractivity contribution in [2.75, 3.05) is 6.54 Å². The third-order valence-corrected chi connectivity index (χ3v) is 4.79. The number of fused-ring (bicyclic) bond motifs is 4. The lowest BCUT2D eigenvalue weighted by molar-refractivity contribution is 0.160. The van der Waals surface area contributed by atoms with Gasteiger partial charge < -0.3 is 20.4 Å². The maximum atomic E-state index is 9.80. The lowest BCUT2D eigenvalue weighted by Gasteiger charge is -2.41. The van der Waals surface area contributed by atoms with Crippen molar-refractivity contribution >= 4 is 17.0 Å². The molecule has 1 unspecified atom stereocenters. The van der Waals surface area contributed by atoms with Crippen molar-refractivity contribution in [1.29, 1.82) is 0 Å². The molecule has 5 nitrogen and oxygen atoms in total. The molecular formula is C17H18BrNO4. The van der Waals surface area contributed by atoms with Crippen LogP contribution in [0.2, 0.25) is 0 Å². The number of benzene rings is 2. The second-order valence-electron chi connectivity index (χ2n) is 6.09. The molecule has 4 rings (SSSR count). The highest BCUT2D eigenvalue weighted by Crippen LogP contribution is 2.43. The fraction of sp³-hybridized carbons (Fsp3) is 0.294. The van der Waals surface area contributed by atoms with Gasteiger partial charge in [0.1, 0.15) is 0 Å². The van der Waals surface area contributed by atoms with Crippen LogP contribution in [0.1, 0.15) is 28.3 Å². The minimum absolute atomic E-state index is 0. The Morgan fingerprint density at radius 3 is 2.04 bits per heavy atom. The second kappa shape index (κ2) is 5.62. The molecule has 2 aliphatic rings. The number of hydrogen-bond acceptors (Lipinski definition) is 5. The molecular weight excluding hydrogens is 362 g/mol. The SMILES string of the molecule is Br.Oc1cc2c(cc1O)CN1CCc3cc(O)c(O)cc3C1C2. The van der Waals surface area contributed by atoms with E-state index in [9.17, 15) is 20.4 Å². The van der Waals surface area contributed by atoms with Crippen LogP contribution in [0.4, 0.5) is 0 Å². The number of hydrogen-bond donors (Lipinski definition) is 4. The smallest absolute Gasteiger partial charge is 0.157 e. The third-order valence-electron chi connectivity index (χ3n) is 4.79. The molecule has 0 saturated carbocycles. The summed E-state index contributed by atoms with van der Waals surface area (Å²) >= 11 is 0. The van der Waals surface area contributed by atoms with Gasteiger partial charge in [-0.2, -0.15) is 0 Å². The maximum absolute atomic E-state index is 9.80. The molecule has 0 fully saturated rings. The lowest BCUT2D eigenvalue weighted by Crippen LogP contribution is -2.39. The van der Waals surface area contributed by atoms with Gasteiger partial charge in [-0.15, -0.1) is 17.0 Å². The highest BCUT2D eigenvalue weighted by molar-refractivity contribution is 8.93. The van der Waals surface area contributed by atoms with E-state index in [1.54, 1.807) is 24.3 Å². The average Bonchev–Trinajstić information content (AvgIpc) is 2.48. The van der Waals surface area contributed by atoms with E-state index in [1.807, 2.05) is 0 Å². The van der Waals surface area contributed by atoms with E-state index in [0.717, 1.165) is 35.2 Å². The van der Waals surface area contributed by atoms with Crippen molar-refractivity contribution in [1.82, 2.24) is 4.90 Å². The van der Waals surface area contributed by atoms with Gasteiger partial charge in [-0.3, -0.25) is 4.90 Å². The summed E-state index contributed by atoms with van der Waals surface area (Å²) in [6, 6.07) is 6.66. The van der Waals surface area contributed by atoms with Crippen molar-refractivity contribution in [3.8, 4) is 23.0 Å². The molecule has 23 heavy (non-hydrogen) atoms. The van der Waals surface area contributed by atoms with Crippen molar-refractivity contribution in [2.24, 2.45) is 0 Å². The predicted octanol–water partition coefficient (Wildman–Crippen LogP) is 2.74. The van der Waals surface area contributed by atoms with Gasteiger partial charge in [0.15, 0.2) is 23.0 Å². The molecule has 122 valence electrons. The van der Waals surface area contributed by atoms with Crippen LogP contribution in [0.3, 0.4) is 0 Å². The molecule has 2 heterocycles. The number of halogens is 1. The molecule has 0 bridgehead atoms. The van der Waals surface area contributed by atoms with Crippen LogP contribution in [0.5, 0.6) is 23.0 Å². The molecule has 2 aromatic rings. The van der Waals surface area contributed by atoms with E-state index in [0.29, 0.717) is 13.0 Å². The van der Waals surface area contributed by atoms with Crippen molar-refractivity contribution < 1.29 is 20.4 Å². The Kier molecular flexibility index (Phi) is 3.90. The fourth-order valence-corrected chi connectivity index (χ4v) is 3.64. The first-order valence-electron chi connectivity index (χ1n) is 7.35. The second-order valence-corrected chi connectivity index (χ2v) is 6.09. The van der Waals surface area contributed by atoms with E-state index in [2.05, 4.69) is 4.90 Å². The van der Waals surface area contributed by atoms with Gasteiger partial charge in [-0.1, -0.05) is 0 Å². The Balaban J connectivity index is 0.00000156. The Bertz CT molecular complexity index is 778. The van der Waals surface area contributed by atoms with Gasteiger partial charge in [0.2, 0.25) is 0 Å². The number of nitrogens with zero attached hydrogens (tertiary/aromatic N) is 1. The van der Waals surface area contributed by atoms with E-state index in [-0.39, 0.29) is 46.0 Å². The van der Waals surface area contributed by atoms with Crippen molar-refractivity contribution in [3.05, 3.63) is 46.5 Å². The minimum Gasteiger partial charge on any atom is -0.504 e. The van der Waals surface area contributed by atoms with Gasteiger partial charge in [0.05, 0.1) is 0 Å². The molecule has 4 N–H and O–H groups in total. The molecule has 0 saturated heterocycles. The zero-order chi connectivity index (χ0) is 15.4. The Labute approximate surface area is 144 Å². The largest absolute Gasteiger partial charge is 0.504 e. The quantitative estimate of drug-likeness (QED) is 0.529. The summed E-state index contributed by atoms with van der Waals surface area (Å²) in [6.45, 7) is 1.57. The summed E-state index contributed by atoms with van der Waals surface area (Å²) in [7, 11) is 0. The first-order valence-corrected chi connectivity index (χ1v) is 7.35. The molecule has 0 aromatic heterocycles. The van der Waals surface area contributed by atoms with E-state index in [4.69, 9.17) is 0 Å². The van der Waals surface area contributed by atoms with Crippen LogP contribution < -0.4 is 0 Å². The number of aromatic hydroxyl groups is 4. The maximum Gasteiger partial charge on any atom is 0.157 e. The van der Waals surface area contributed by atoms with E-state index >= 15 is 0 Å². The van der Waals surface area contributed by atoms with Gasteiger partial charge in [0, 0.05) is 19.1 Å². The average molecular weight is 380 g/mol. The number of phenols is 4. The molecule has 1 atom stereocenters. The molecule has 2 aliphatic heterocycles. The normalized spacial score (nSPS) is 19.2. The summed E-state index contributed by atoms with van der Waals surface area (Å²) in [5.41, 5.74) is 4.12. The highest BCUT2D eigenvalue weighted by atomic mass is 79.9. The van der Waals surface area contributed by atoms with Crippen LogP contribution in [-0.4, -0.2) is 31.9 Å². The molecule has 2 aromatic carbocycles. The zero-order valence-electron chi connectivity index (χ0n) is 12.4. The van der Waals surface area contributed by atoms with Gasteiger partial charge in [-0.05, 0) is 59.4 Å². The number of rotatable bonds is 0. The van der Waals surface area contributed by atoms with E-state index < -0.39 is 0 Å². The minimum atomic E-state index is -0.100. The van der Waals surface area contributed by atoms with Gasteiger partial charge >= 0.3 is 0 Å². The highest BCUT2D eigenvalue weighted by Gasteiger charge is 2.33. The number of phenolic OH excluding ortho intramolecular Hbond substituents is 4. The van der Waals surface area contributed by atoms with Gasteiger partial charge in [0.25, 0.3) is 0 Å². The molecule has 0 aliphatic carbocycles. The monoisotopic (exact) mass is 379 g/mol. The van der Waals surface area contributed by atoms with Crippen LogP contribution in [-0.2, 0) is 19.4 Å². The van der Waals surface area contributed by atoms with Crippen LogP contribution in [0.25, 0.3) is 0 Å². The summed E-state index contributed by atoms with van der Waals surface area (Å²) in [6.07, 6.45) is 1.53. The molecule has 0 radical (unpaired) electrons. The molecule has 6 heteroatoms. The first kappa shape index (κ1) is 16.0. The Morgan fingerprint density at radius 1 is 0.783 bits per heavy atom. The summed E-state index contributed by atoms with van der Waals surface area (Å²) < 4.78 is 0. The van der Waals surface area contributed by atoms with Crippen LogP contribution in [0, 0.1) is 0 Å². The Hall–Kier alpha value is -1.92. The van der Waals surface area contributed by atoms with Crippen LogP contribution >= 0.6 is 17.0 Å². The molecule has 0 spiro atoms. The molecule has 0 amide bonds. The van der Waals surface area contributed by atoms with Crippen LogP contribution in [0.15, 0.2) is 24.3 Å². The first-order chi connectivity index (χ1) is 10.5. The Morgan fingerprint density at radius 2 is 1.35 bits per heavy atom. The lowest BCUT2D eigenvalue weighted by atomic mass is 9.83. The standard InChI is InChI=1S/C17H17NO4.BrH/c19-14-4-9-1-2-18-8-11-6-16(21)15(20)5-10(11)3-13(18)12(9)7-17(14)22;/h4-7,13,19-22H,1-3,8H2;1H.